The summed E-state index contributed by atoms with van der Waals surface area (Å²) in [6.45, 7) is 1.34. The predicted octanol–water partition coefficient (Wildman–Crippen LogP) is 3.96. The molecule has 0 aliphatic heterocycles. The number of rotatable bonds is 11. The molecule has 1 N–H and O–H groups in total. The average molecular weight is 553 g/mol. The zero-order chi connectivity index (χ0) is 27.2. The molecule has 0 unspecified atom stereocenters. The van der Waals surface area contributed by atoms with Gasteiger partial charge in [-0.3, -0.25) is 9.59 Å². The number of hydrogen-bond donors (Lipinski definition) is 1. The van der Waals surface area contributed by atoms with Gasteiger partial charge in [0, 0.05) is 31.7 Å². The highest BCUT2D eigenvalue weighted by Crippen LogP contribution is 2.23. The van der Waals surface area contributed by atoms with E-state index in [1.165, 1.54) is 31.1 Å². The molecule has 1 atom stereocenters. The molecule has 0 aromatic heterocycles. The average Bonchev–Trinajstić information content (AvgIpc) is 3.37. The van der Waals surface area contributed by atoms with Gasteiger partial charge in [-0.1, -0.05) is 43.5 Å². The molecule has 1 aliphatic carbocycles. The van der Waals surface area contributed by atoms with Crippen LogP contribution in [0.1, 0.15) is 44.6 Å². The van der Waals surface area contributed by atoms with Gasteiger partial charge < -0.3 is 10.2 Å². The second kappa shape index (κ2) is 12.7. The summed E-state index contributed by atoms with van der Waals surface area (Å²) in [4.78, 5) is 28.5. The lowest BCUT2D eigenvalue weighted by molar-refractivity contribution is -0.140. The standard InChI is InChI=1S/C26H34ClFN4O4S/c1-4-24(26(34)29-22-7-5-6-8-22)31(17-19-9-11-20(27)12-10-19)25(33)18-32(37(35,36)30(2)3)23-15-13-21(28)14-16-23/h9-16,22,24H,4-8,17-18H2,1-3H3,(H,29,34)/t24-/m0/s1. The van der Waals surface area contributed by atoms with Crippen LogP contribution in [-0.2, 0) is 26.3 Å². The van der Waals surface area contributed by atoms with Crippen LogP contribution in [0.25, 0.3) is 0 Å². The van der Waals surface area contributed by atoms with Crippen LogP contribution in [0.15, 0.2) is 48.5 Å². The van der Waals surface area contributed by atoms with Crippen LogP contribution >= 0.6 is 11.6 Å². The molecule has 37 heavy (non-hydrogen) atoms. The number of nitrogens with one attached hydrogen (secondary N) is 1. The van der Waals surface area contributed by atoms with Gasteiger partial charge in [0.05, 0.1) is 5.69 Å². The molecule has 8 nitrogen and oxygen atoms in total. The largest absolute Gasteiger partial charge is 0.352 e. The molecular weight excluding hydrogens is 519 g/mol. The van der Waals surface area contributed by atoms with E-state index in [2.05, 4.69) is 5.32 Å². The second-order valence-corrected chi connectivity index (χ2v) is 11.8. The van der Waals surface area contributed by atoms with Crippen LogP contribution in [0.3, 0.4) is 0 Å². The molecule has 0 radical (unpaired) electrons. The number of benzene rings is 2. The van der Waals surface area contributed by atoms with Crippen LogP contribution in [0.4, 0.5) is 10.1 Å². The summed E-state index contributed by atoms with van der Waals surface area (Å²) in [6, 6.07) is 11.0. The Labute approximate surface area is 223 Å². The highest BCUT2D eigenvalue weighted by Gasteiger charge is 2.34. The van der Waals surface area contributed by atoms with Crippen LogP contribution < -0.4 is 9.62 Å². The topological polar surface area (TPSA) is 90.0 Å². The van der Waals surface area contributed by atoms with Gasteiger partial charge in [0.1, 0.15) is 18.4 Å². The molecule has 1 aliphatic rings. The summed E-state index contributed by atoms with van der Waals surface area (Å²) >= 11 is 6.02. The predicted molar refractivity (Wildman–Crippen MR) is 143 cm³/mol. The molecular formula is C26H34ClFN4O4S. The normalized spacial score (nSPS) is 15.0. The van der Waals surface area contributed by atoms with Crippen molar-refractivity contribution < 1.29 is 22.4 Å². The van der Waals surface area contributed by atoms with Gasteiger partial charge in [0.2, 0.25) is 11.8 Å². The highest BCUT2D eigenvalue weighted by molar-refractivity contribution is 7.90. The second-order valence-electron chi connectivity index (χ2n) is 9.34. The van der Waals surface area contributed by atoms with Crippen LogP contribution in [0.2, 0.25) is 5.02 Å². The van der Waals surface area contributed by atoms with E-state index >= 15 is 0 Å². The molecule has 3 rings (SSSR count). The molecule has 0 saturated heterocycles. The minimum atomic E-state index is -4.10. The lowest BCUT2D eigenvalue weighted by Crippen LogP contribution is -2.54. The maximum atomic E-state index is 13.8. The summed E-state index contributed by atoms with van der Waals surface area (Å²) in [6.07, 6.45) is 4.22. The summed E-state index contributed by atoms with van der Waals surface area (Å²) in [5, 5.41) is 3.60. The van der Waals surface area contributed by atoms with Crippen molar-refractivity contribution in [1.82, 2.24) is 14.5 Å². The quantitative estimate of drug-likeness (QED) is 0.457. The van der Waals surface area contributed by atoms with Gasteiger partial charge in [-0.05, 0) is 61.2 Å². The Morgan fingerprint density at radius 2 is 1.65 bits per heavy atom. The maximum Gasteiger partial charge on any atom is 0.304 e. The fourth-order valence-corrected chi connectivity index (χ4v) is 5.58. The van der Waals surface area contributed by atoms with Crippen molar-refractivity contribution >= 4 is 39.3 Å². The van der Waals surface area contributed by atoms with E-state index in [-0.39, 0.29) is 24.2 Å². The van der Waals surface area contributed by atoms with Crippen molar-refractivity contribution in [2.24, 2.45) is 0 Å². The molecule has 2 aromatic carbocycles. The Morgan fingerprint density at radius 1 is 1.05 bits per heavy atom. The van der Waals surface area contributed by atoms with Crippen molar-refractivity contribution in [3.63, 3.8) is 0 Å². The number of carbonyl (C=O) groups excluding carboxylic acids is 2. The first-order valence-electron chi connectivity index (χ1n) is 12.3. The smallest absolute Gasteiger partial charge is 0.304 e. The Kier molecular flexibility index (Phi) is 9.92. The minimum absolute atomic E-state index is 0.0684. The highest BCUT2D eigenvalue weighted by atomic mass is 35.5. The molecule has 1 saturated carbocycles. The SMILES string of the molecule is CC[C@@H](C(=O)NC1CCCC1)N(Cc1ccc(Cl)cc1)C(=O)CN(c1ccc(F)cc1)S(=O)(=O)N(C)C. The van der Waals surface area contributed by atoms with E-state index in [1.807, 2.05) is 6.92 Å². The number of nitrogens with zero attached hydrogens (tertiary/aromatic N) is 3. The molecule has 2 amide bonds. The van der Waals surface area contributed by atoms with Gasteiger partial charge in [0.25, 0.3) is 0 Å². The van der Waals surface area contributed by atoms with Crippen LogP contribution in [0, 0.1) is 5.82 Å². The zero-order valence-corrected chi connectivity index (χ0v) is 22.9. The Bertz CT molecular complexity index is 1170. The van der Waals surface area contributed by atoms with E-state index in [9.17, 15) is 22.4 Å². The number of carbonyl (C=O) groups is 2. The van der Waals surface area contributed by atoms with Gasteiger partial charge in [0.15, 0.2) is 0 Å². The van der Waals surface area contributed by atoms with Gasteiger partial charge in [-0.15, -0.1) is 0 Å². The van der Waals surface area contributed by atoms with Crippen molar-refractivity contribution in [2.45, 2.75) is 57.7 Å². The molecule has 2 aromatic rings. The molecule has 1 fully saturated rings. The number of hydrogen-bond acceptors (Lipinski definition) is 4. The van der Waals surface area contributed by atoms with Crippen molar-refractivity contribution in [2.75, 3.05) is 24.9 Å². The van der Waals surface area contributed by atoms with Crippen LogP contribution in [-0.4, -0.2) is 62.2 Å². The monoisotopic (exact) mass is 552 g/mol. The van der Waals surface area contributed by atoms with Crippen molar-refractivity contribution in [1.29, 1.82) is 0 Å². The lowest BCUT2D eigenvalue weighted by Gasteiger charge is -2.34. The fourth-order valence-electron chi connectivity index (χ4n) is 4.40. The lowest BCUT2D eigenvalue weighted by atomic mass is 10.1. The first-order chi connectivity index (χ1) is 17.5. The summed E-state index contributed by atoms with van der Waals surface area (Å²) in [5.41, 5.74) is 0.881. The molecule has 0 spiro atoms. The first-order valence-corrected chi connectivity index (χ1v) is 14.1. The first kappa shape index (κ1) is 28.9. The van der Waals surface area contributed by atoms with E-state index in [0.717, 1.165) is 52.0 Å². The van der Waals surface area contributed by atoms with Crippen molar-refractivity contribution in [3.8, 4) is 0 Å². The Hall–Kier alpha value is -2.69. The molecule has 0 bridgehead atoms. The summed E-state index contributed by atoms with van der Waals surface area (Å²) in [7, 11) is -1.40. The Balaban J connectivity index is 1.95. The molecule has 0 heterocycles. The number of amides is 2. The molecule has 11 heteroatoms. The van der Waals surface area contributed by atoms with E-state index in [1.54, 1.807) is 24.3 Å². The third-order valence-electron chi connectivity index (χ3n) is 6.49. The van der Waals surface area contributed by atoms with Gasteiger partial charge in [-0.2, -0.15) is 12.7 Å². The van der Waals surface area contributed by atoms with Gasteiger partial charge >= 0.3 is 10.2 Å². The Morgan fingerprint density at radius 3 is 2.19 bits per heavy atom. The minimum Gasteiger partial charge on any atom is -0.352 e. The van der Waals surface area contributed by atoms with Gasteiger partial charge in [-0.25, -0.2) is 8.70 Å². The third kappa shape index (κ3) is 7.43. The number of halogens is 2. The number of anilines is 1. The zero-order valence-electron chi connectivity index (χ0n) is 21.4. The van der Waals surface area contributed by atoms with Crippen molar-refractivity contribution in [3.05, 3.63) is 64.9 Å². The summed E-state index contributed by atoms with van der Waals surface area (Å²) < 4.78 is 41.8. The maximum absolute atomic E-state index is 13.8. The van der Waals surface area contributed by atoms with E-state index in [0.29, 0.717) is 11.4 Å². The third-order valence-corrected chi connectivity index (χ3v) is 8.56. The molecule has 202 valence electrons. The van der Waals surface area contributed by atoms with E-state index < -0.39 is 34.5 Å². The van der Waals surface area contributed by atoms with Crippen LogP contribution in [0.5, 0.6) is 0 Å². The van der Waals surface area contributed by atoms with E-state index in [4.69, 9.17) is 11.6 Å². The fraction of sp³-hybridized carbons (Fsp3) is 0.462. The summed E-state index contributed by atoms with van der Waals surface area (Å²) in [5.74, 6) is -1.35.